The van der Waals surface area contributed by atoms with Crippen molar-refractivity contribution in [3.63, 3.8) is 0 Å². The van der Waals surface area contributed by atoms with Crippen LogP contribution in [-0.2, 0) is 11.2 Å². The van der Waals surface area contributed by atoms with Gasteiger partial charge in [-0.15, -0.1) is 0 Å². The Labute approximate surface area is 169 Å². The first-order valence-electron chi connectivity index (χ1n) is 11.1. The van der Waals surface area contributed by atoms with Gasteiger partial charge in [-0.2, -0.15) is 0 Å². The zero-order valence-corrected chi connectivity index (χ0v) is 17.8. The molecule has 0 bridgehead atoms. The summed E-state index contributed by atoms with van der Waals surface area (Å²) in [4.78, 5) is 23.7. The highest BCUT2D eigenvalue weighted by Crippen LogP contribution is 2.24. The Kier molecular flexibility index (Phi) is 7.65. The monoisotopic (exact) mass is 387 g/mol. The number of anilines is 1. The lowest BCUT2D eigenvalue weighted by molar-refractivity contribution is -0.123. The van der Waals surface area contributed by atoms with Gasteiger partial charge in [-0.25, -0.2) is 9.97 Å². The molecule has 1 saturated carbocycles. The van der Waals surface area contributed by atoms with Crippen LogP contribution in [0.5, 0.6) is 0 Å². The van der Waals surface area contributed by atoms with Gasteiger partial charge in [-0.1, -0.05) is 13.8 Å². The van der Waals surface area contributed by atoms with Crippen LogP contribution in [0.15, 0.2) is 6.07 Å². The molecule has 0 spiro atoms. The molecule has 156 valence electrons. The largest absolute Gasteiger partial charge is 0.354 e. The van der Waals surface area contributed by atoms with Crippen LogP contribution in [0.2, 0.25) is 0 Å². The topological polar surface area (TPSA) is 70.2 Å². The minimum Gasteiger partial charge on any atom is -0.354 e. The molecule has 0 atom stereocenters. The maximum absolute atomic E-state index is 12.4. The Balaban J connectivity index is 1.35. The third kappa shape index (κ3) is 6.43. The first-order valence-corrected chi connectivity index (χ1v) is 11.1. The number of hydrogen-bond donors (Lipinski definition) is 2. The summed E-state index contributed by atoms with van der Waals surface area (Å²) in [5.41, 5.74) is 2.11. The SMILES string of the molecule is CCc1cc(C)nc(NCC2CCC(NC(=O)CN3CCC(C)CC3)CC2)n1. The smallest absolute Gasteiger partial charge is 0.234 e. The van der Waals surface area contributed by atoms with E-state index in [4.69, 9.17) is 0 Å². The summed E-state index contributed by atoms with van der Waals surface area (Å²) in [5, 5.41) is 6.70. The number of nitrogens with one attached hydrogen (secondary N) is 2. The zero-order chi connectivity index (χ0) is 19.9. The molecule has 1 amide bonds. The van der Waals surface area contributed by atoms with Crippen molar-refractivity contribution < 1.29 is 4.79 Å². The molecule has 1 aromatic heterocycles. The maximum atomic E-state index is 12.4. The van der Waals surface area contributed by atoms with Crippen molar-refractivity contribution in [3.8, 4) is 0 Å². The highest BCUT2D eigenvalue weighted by molar-refractivity contribution is 5.78. The number of carbonyl (C=O) groups excluding carboxylic acids is 1. The van der Waals surface area contributed by atoms with Crippen molar-refractivity contribution in [3.05, 3.63) is 17.5 Å². The Morgan fingerprint density at radius 2 is 1.86 bits per heavy atom. The Morgan fingerprint density at radius 1 is 1.14 bits per heavy atom. The lowest BCUT2D eigenvalue weighted by Gasteiger charge is -2.32. The summed E-state index contributed by atoms with van der Waals surface area (Å²) in [5.74, 6) is 2.40. The third-order valence-electron chi connectivity index (χ3n) is 6.27. The molecule has 2 heterocycles. The minimum atomic E-state index is 0.205. The van der Waals surface area contributed by atoms with Gasteiger partial charge < -0.3 is 10.6 Å². The van der Waals surface area contributed by atoms with Crippen molar-refractivity contribution in [2.45, 2.75) is 71.8 Å². The van der Waals surface area contributed by atoms with E-state index in [1.807, 2.05) is 13.0 Å². The van der Waals surface area contributed by atoms with Crippen LogP contribution < -0.4 is 10.6 Å². The van der Waals surface area contributed by atoms with Crippen LogP contribution in [0.25, 0.3) is 0 Å². The predicted molar refractivity (Wildman–Crippen MR) is 113 cm³/mol. The highest BCUT2D eigenvalue weighted by Gasteiger charge is 2.24. The molecule has 6 heteroatoms. The molecule has 0 aromatic carbocycles. The summed E-state index contributed by atoms with van der Waals surface area (Å²) in [7, 11) is 0. The quantitative estimate of drug-likeness (QED) is 0.752. The van der Waals surface area contributed by atoms with Gasteiger partial charge in [0.1, 0.15) is 0 Å². The normalized spacial score (nSPS) is 24.1. The fourth-order valence-corrected chi connectivity index (χ4v) is 4.34. The summed E-state index contributed by atoms with van der Waals surface area (Å²) >= 11 is 0. The van der Waals surface area contributed by atoms with Gasteiger partial charge in [0.15, 0.2) is 0 Å². The number of rotatable bonds is 7. The van der Waals surface area contributed by atoms with Gasteiger partial charge in [0.25, 0.3) is 0 Å². The van der Waals surface area contributed by atoms with Crippen molar-refractivity contribution in [1.29, 1.82) is 0 Å². The lowest BCUT2D eigenvalue weighted by Crippen LogP contribution is -2.45. The molecule has 6 nitrogen and oxygen atoms in total. The van der Waals surface area contributed by atoms with Gasteiger partial charge in [0.05, 0.1) is 6.54 Å². The second kappa shape index (κ2) is 10.2. The Hall–Kier alpha value is -1.69. The molecule has 0 radical (unpaired) electrons. The predicted octanol–water partition coefficient (Wildman–Crippen LogP) is 3.17. The van der Waals surface area contributed by atoms with Crippen LogP contribution in [0.1, 0.15) is 63.8 Å². The summed E-state index contributed by atoms with van der Waals surface area (Å²) in [6.07, 6.45) is 7.80. The van der Waals surface area contributed by atoms with Gasteiger partial charge in [0, 0.05) is 24.0 Å². The molecule has 3 rings (SSSR count). The van der Waals surface area contributed by atoms with Crippen molar-refractivity contribution >= 4 is 11.9 Å². The van der Waals surface area contributed by atoms with E-state index < -0.39 is 0 Å². The molecule has 1 aromatic rings. The molecule has 2 fully saturated rings. The standard InChI is InChI=1S/C22H37N5O/c1-4-19-13-17(3)24-22(26-19)23-14-18-5-7-20(8-6-18)25-21(28)15-27-11-9-16(2)10-12-27/h13,16,18,20H,4-12,14-15H2,1-3H3,(H,25,28)(H,23,24,26). The fourth-order valence-electron chi connectivity index (χ4n) is 4.34. The van der Waals surface area contributed by atoms with E-state index in [-0.39, 0.29) is 5.91 Å². The number of aromatic nitrogens is 2. The average Bonchev–Trinajstić information content (AvgIpc) is 2.69. The number of aryl methyl sites for hydroxylation is 2. The van der Waals surface area contributed by atoms with Gasteiger partial charge in [-0.3, -0.25) is 9.69 Å². The molecular formula is C22H37N5O. The van der Waals surface area contributed by atoms with Crippen LogP contribution in [-0.4, -0.2) is 53.0 Å². The number of amides is 1. The van der Waals surface area contributed by atoms with Gasteiger partial charge >= 0.3 is 0 Å². The van der Waals surface area contributed by atoms with Crippen molar-refractivity contribution in [2.24, 2.45) is 11.8 Å². The van der Waals surface area contributed by atoms with Crippen LogP contribution in [0, 0.1) is 18.8 Å². The molecule has 1 saturated heterocycles. The number of hydrogen-bond acceptors (Lipinski definition) is 5. The first kappa shape index (κ1) is 21.0. The molecule has 2 aliphatic rings. The molecule has 28 heavy (non-hydrogen) atoms. The minimum absolute atomic E-state index is 0.205. The first-order chi connectivity index (χ1) is 13.5. The van der Waals surface area contributed by atoms with E-state index in [2.05, 4.69) is 39.3 Å². The number of piperidine rings is 1. The van der Waals surface area contributed by atoms with Crippen LogP contribution >= 0.6 is 0 Å². The Morgan fingerprint density at radius 3 is 2.54 bits per heavy atom. The van der Waals surface area contributed by atoms with E-state index in [1.165, 1.54) is 12.8 Å². The molecule has 1 aliphatic carbocycles. The number of carbonyl (C=O) groups is 1. The summed E-state index contributed by atoms with van der Waals surface area (Å²) < 4.78 is 0. The number of nitrogens with zero attached hydrogens (tertiary/aromatic N) is 3. The second-order valence-corrected chi connectivity index (χ2v) is 8.80. The summed E-state index contributed by atoms with van der Waals surface area (Å²) in [6.45, 7) is 10.1. The average molecular weight is 388 g/mol. The second-order valence-electron chi connectivity index (χ2n) is 8.80. The van der Waals surface area contributed by atoms with Crippen molar-refractivity contribution in [2.75, 3.05) is 31.5 Å². The van der Waals surface area contributed by atoms with E-state index in [1.54, 1.807) is 0 Å². The highest BCUT2D eigenvalue weighted by atomic mass is 16.2. The fraction of sp³-hybridized carbons (Fsp3) is 0.773. The van der Waals surface area contributed by atoms with E-state index >= 15 is 0 Å². The molecular weight excluding hydrogens is 350 g/mol. The zero-order valence-electron chi connectivity index (χ0n) is 17.8. The molecule has 1 aliphatic heterocycles. The maximum Gasteiger partial charge on any atom is 0.234 e. The number of likely N-dealkylation sites (tertiary alicyclic amines) is 1. The third-order valence-corrected chi connectivity index (χ3v) is 6.27. The van der Waals surface area contributed by atoms with Crippen LogP contribution in [0.4, 0.5) is 5.95 Å². The van der Waals surface area contributed by atoms with E-state index in [0.29, 0.717) is 18.5 Å². The molecule has 2 N–H and O–H groups in total. The van der Waals surface area contributed by atoms with E-state index in [9.17, 15) is 4.79 Å². The molecule has 0 unspecified atom stereocenters. The van der Waals surface area contributed by atoms with Gasteiger partial charge in [0.2, 0.25) is 11.9 Å². The summed E-state index contributed by atoms with van der Waals surface area (Å²) in [6, 6.07) is 2.39. The lowest BCUT2D eigenvalue weighted by atomic mass is 9.86. The van der Waals surface area contributed by atoms with Crippen molar-refractivity contribution in [1.82, 2.24) is 20.2 Å². The van der Waals surface area contributed by atoms with Crippen LogP contribution in [0.3, 0.4) is 0 Å². The van der Waals surface area contributed by atoms with E-state index in [0.717, 1.165) is 75.0 Å². The Bertz CT molecular complexity index is 634. The van der Waals surface area contributed by atoms with Gasteiger partial charge in [-0.05, 0) is 82.9 Å².